The quantitative estimate of drug-likeness (QED) is 0.0179. The summed E-state index contributed by atoms with van der Waals surface area (Å²) in [7, 11) is 0. The highest BCUT2D eigenvalue weighted by Gasteiger charge is 2.35. The zero-order chi connectivity index (χ0) is 60.7. The number of nitrogens with one attached hydrogen (secondary N) is 9. The van der Waals surface area contributed by atoms with Crippen LogP contribution in [0.3, 0.4) is 0 Å². The van der Waals surface area contributed by atoms with E-state index in [1.54, 1.807) is 61.5 Å². The predicted octanol–water partition coefficient (Wildman–Crippen LogP) is 4.49. The molecule has 5 aromatic rings. The molecule has 450 valence electrons. The number of aromatic hydroxyl groups is 1. The molecule has 9 amide bonds. The summed E-state index contributed by atoms with van der Waals surface area (Å²) >= 11 is 0. The van der Waals surface area contributed by atoms with Gasteiger partial charge in [0.1, 0.15) is 47.9 Å². The van der Waals surface area contributed by atoms with Crippen molar-refractivity contribution < 1.29 is 61.7 Å². The number of ether oxygens (including phenoxy) is 2. The maximum absolute atomic E-state index is 14.7. The smallest absolute Gasteiger partial charge is 0.407 e. The standard InChI is InChI=1S/C61H71F2N11O11/c1-2-52(76)66-28-29-68-60(82)74-59(64)67-26-13-23-49(55(78)70-35-45-47(62)32-39(75)33-48(45)63)72-58(81)54(37-15-4-3-5-16-37)38-17-12-18-40(31-38)84-30-11-10-25-65-53(77)34-51-57(80)71-50(56(79)73-51)24-14-27-69-61(83)85-36-46-43-21-8-6-19-41(43)42-20-7-9-22-44(42)46/h3-9,12,15-22,31-33,46,49-51,54,75H,2,10-11,13-14,23-30,34-36H2,1H3,(H,65,77)(H,66,76)(H,69,83)(H,70,78)(H,71,80)(H,72,81)(H,73,79)(H4,64,67,68,74,82)/t49-,50-,51-,54?/m1/s1. The average Bonchev–Trinajstić information content (AvgIpc) is 2.17. The molecule has 1 heterocycles. The van der Waals surface area contributed by atoms with E-state index in [0.717, 1.165) is 22.3 Å². The summed E-state index contributed by atoms with van der Waals surface area (Å²) < 4.78 is 41.0. The van der Waals surface area contributed by atoms with Crippen LogP contribution in [0.2, 0.25) is 0 Å². The molecule has 0 bridgehead atoms. The fraction of sp³-hybridized carbons (Fsp3) is 0.361. The topological polar surface area (TPSA) is 322 Å². The summed E-state index contributed by atoms with van der Waals surface area (Å²) in [5, 5.41) is 33.2. The fourth-order valence-corrected chi connectivity index (χ4v) is 9.77. The number of carbonyl (C=O) groups is 8. The molecule has 1 aliphatic heterocycles. The van der Waals surface area contributed by atoms with Gasteiger partial charge in [0.2, 0.25) is 35.4 Å². The molecule has 1 fully saturated rings. The predicted molar refractivity (Wildman–Crippen MR) is 311 cm³/mol. The zero-order valence-electron chi connectivity index (χ0n) is 47.0. The number of piperazine rings is 1. The molecule has 0 aromatic heterocycles. The van der Waals surface area contributed by atoms with Crippen molar-refractivity contribution in [3.63, 3.8) is 0 Å². The molecular formula is C61H71F2N11O11. The molecule has 0 radical (unpaired) electrons. The van der Waals surface area contributed by atoms with Gasteiger partial charge >= 0.3 is 12.1 Å². The Bertz CT molecular complexity index is 3140. The molecule has 0 saturated carbocycles. The Balaban J connectivity index is 0.841. The first kappa shape index (κ1) is 63.0. The second-order valence-electron chi connectivity index (χ2n) is 20.2. The second-order valence-corrected chi connectivity index (χ2v) is 20.2. The summed E-state index contributed by atoms with van der Waals surface area (Å²) in [6.45, 7) is 2.26. The highest BCUT2D eigenvalue weighted by molar-refractivity contribution is 5.99. The SMILES string of the molecule is CCC(=O)NCCNC(=O)NC(N)=NCCC[C@@H](NC(=O)C(c1ccccc1)c1cccc(OCCCCNC(=O)C[C@H]2NC(=O)[C@@H](CCCNC(=O)OCC3c4ccccc4-c4ccccc43)NC2=O)c1)C(=O)NCc1c(F)cc(O)cc1F. The number of phenols is 1. The number of unbranched alkanes of at least 4 members (excludes halogenated alkanes) is 1. The number of amides is 9. The molecule has 5 aromatic carbocycles. The Morgan fingerprint density at radius 3 is 2.04 bits per heavy atom. The minimum atomic E-state index is -1.27. The van der Waals surface area contributed by atoms with Crippen LogP contribution in [0.4, 0.5) is 18.4 Å². The Morgan fingerprint density at radius 1 is 0.682 bits per heavy atom. The van der Waals surface area contributed by atoms with Gasteiger partial charge in [-0.3, -0.25) is 39.1 Å². The van der Waals surface area contributed by atoms with E-state index in [1.807, 2.05) is 36.4 Å². The molecule has 1 unspecified atom stereocenters. The number of nitrogens with zero attached hydrogens (tertiary/aromatic N) is 1. The molecule has 24 heteroatoms. The third-order valence-corrected chi connectivity index (χ3v) is 14.1. The van der Waals surface area contributed by atoms with E-state index in [-0.39, 0.29) is 89.4 Å². The molecular weight excluding hydrogens is 1100 g/mol. The van der Waals surface area contributed by atoms with E-state index in [0.29, 0.717) is 54.7 Å². The molecule has 7 rings (SSSR count). The molecule has 4 atom stereocenters. The summed E-state index contributed by atoms with van der Waals surface area (Å²) in [4.78, 5) is 107. The lowest BCUT2D eigenvalue weighted by molar-refractivity contribution is -0.138. The van der Waals surface area contributed by atoms with Crippen LogP contribution in [-0.2, 0) is 40.0 Å². The van der Waals surface area contributed by atoms with Crippen LogP contribution in [0.15, 0.2) is 120 Å². The van der Waals surface area contributed by atoms with Crippen LogP contribution in [0.25, 0.3) is 11.1 Å². The highest BCUT2D eigenvalue weighted by atomic mass is 19.1. The number of guanidine groups is 1. The van der Waals surface area contributed by atoms with Crippen molar-refractivity contribution in [2.24, 2.45) is 10.7 Å². The Hall–Kier alpha value is -9.61. The number of alkyl carbamates (subject to hydrolysis) is 1. The number of urea groups is 1. The zero-order valence-corrected chi connectivity index (χ0v) is 47.0. The summed E-state index contributed by atoms with van der Waals surface area (Å²) in [5.74, 6) is -6.63. The minimum absolute atomic E-state index is 0.00890. The molecule has 2 aliphatic rings. The van der Waals surface area contributed by atoms with E-state index < -0.39 is 95.2 Å². The first-order chi connectivity index (χ1) is 41.1. The average molecular weight is 1170 g/mol. The lowest BCUT2D eigenvalue weighted by Gasteiger charge is -2.29. The van der Waals surface area contributed by atoms with Gasteiger partial charge in [-0.1, -0.05) is 97.9 Å². The minimum Gasteiger partial charge on any atom is -0.508 e. The second kappa shape index (κ2) is 31.7. The van der Waals surface area contributed by atoms with Gasteiger partial charge in [-0.15, -0.1) is 0 Å². The summed E-state index contributed by atoms with van der Waals surface area (Å²) in [6.07, 6.45) is 1.17. The van der Waals surface area contributed by atoms with Gasteiger partial charge in [-0.2, -0.15) is 0 Å². The number of halogens is 2. The lowest BCUT2D eigenvalue weighted by atomic mass is 9.90. The third kappa shape index (κ3) is 18.7. The number of fused-ring (bicyclic) bond motifs is 3. The van der Waals surface area contributed by atoms with E-state index >= 15 is 0 Å². The number of hydrogen-bond donors (Lipinski definition) is 11. The van der Waals surface area contributed by atoms with Crippen LogP contribution >= 0.6 is 0 Å². The first-order valence-corrected chi connectivity index (χ1v) is 28.2. The number of benzene rings is 5. The van der Waals surface area contributed by atoms with Crippen molar-refractivity contribution in [1.29, 1.82) is 0 Å². The summed E-state index contributed by atoms with van der Waals surface area (Å²) in [5.41, 5.74) is 10.9. The highest BCUT2D eigenvalue weighted by Crippen LogP contribution is 2.44. The van der Waals surface area contributed by atoms with Crippen LogP contribution in [0.5, 0.6) is 11.5 Å². The van der Waals surface area contributed by atoms with Gasteiger partial charge in [0.25, 0.3) is 0 Å². The Labute approximate surface area is 490 Å². The summed E-state index contributed by atoms with van der Waals surface area (Å²) in [6, 6.07) is 29.2. The Kier molecular flexibility index (Phi) is 23.5. The van der Waals surface area contributed by atoms with E-state index in [2.05, 4.69) is 65.0 Å². The fourth-order valence-electron chi connectivity index (χ4n) is 9.77. The normalized spacial score (nSPS) is 15.1. The maximum Gasteiger partial charge on any atom is 0.407 e. The van der Waals surface area contributed by atoms with Gasteiger partial charge in [-0.25, -0.2) is 18.4 Å². The van der Waals surface area contributed by atoms with Crippen LogP contribution in [0.1, 0.15) is 97.9 Å². The van der Waals surface area contributed by atoms with E-state index in [9.17, 15) is 52.2 Å². The molecule has 1 saturated heterocycles. The number of phenolic OH excluding ortho intramolecular Hbond substituents is 1. The molecule has 85 heavy (non-hydrogen) atoms. The molecule has 12 N–H and O–H groups in total. The van der Waals surface area contributed by atoms with Crippen molar-refractivity contribution in [3.8, 4) is 22.6 Å². The number of aliphatic imine (C=N–C) groups is 1. The van der Waals surface area contributed by atoms with Gasteiger partial charge in [-0.05, 0) is 84.0 Å². The van der Waals surface area contributed by atoms with E-state index in [1.165, 1.54) is 0 Å². The van der Waals surface area contributed by atoms with Gasteiger partial charge in [0, 0.05) is 69.3 Å². The number of nitrogens with two attached hydrogens (primary N) is 1. The van der Waals surface area contributed by atoms with Gasteiger partial charge < -0.3 is 62.8 Å². The van der Waals surface area contributed by atoms with Gasteiger partial charge in [0.15, 0.2) is 5.96 Å². The van der Waals surface area contributed by atoms with Crippen molar-refractivity contribution in [1.82, 2.24) is 47.9 Å². The molecule has 0 spiro atoms. The van der Waals surface area contributed by atoms with Crippen LogP contribution in [-0.4, -0.2) is 123 Å². The van der Waals surface area contributed by atoms with Crippen molar-refractivity contribution in [2.45, 2.75) is 94.8 Å². The van der Waals surface area contributed by atoms with Crippen molar-refractivity contribution in [3.05, 3.63) is 155 Å². The monoisotopic (exact) mass is 1170 g/mol. The lowest BCUT2D eigenvalue weighted by Crippen LogP contribution is -2.62. The van der Waals surface area contributed by atoms with Gasteiger partial charge in [0.05, 0.1) is 18.9 Å². The van der Waals surface area contributed by atoms with Crippen molar-refractivity contribution in [2.75, 3.05) is 45.9 Å². The molecule has 22 nitrogen and oxygen atoms in total. The largest absolute Gasteiger partial charge is 0.508 e. The third-order valence-electron chi connectivity index (χ3n) is 14.1. The van der Waals surface area contributed by atoms with Crippen LogP contribution < -0.4 is 58.3 Å². The number of hydrogen-bond acceptors (Lipinski definition) is 12. The Morgan fingerprint density at radius 2 is 1.32 bits per heavy atom. The first-order valence-electron chi connectivity index (χ1n) is 28.2. The van der Waals surface area contributed by atoms with Crippen molar-refractivity contribution >= 4 is 53.5 Å². The van der Waals surface area contributed by atoms with Crippen LogP contribution in [0, 0.1) is 11.6 Å². The molecule has 1 aliphatic carbocycles. The van der Waals surface area contributed by atoms with E-state index in [4.69, 9.17) is 15.2 Å². The maximum atomic E-state index is 14.7. The number of rotatable bonds is 29. The number of carbonyl (C=O) groups excluding carboxylic acids is 8.